The third-order valence-corrected chi connectivity index (χ3v) is 7.70. The van der Waals surface area contributed by atoms with Crippen molar-refractivity contribution in [3.05, 3.63) is 62.4 Å². The number of fused-ring (bicyclic) bond motifs is 1. The van der Waals surface area contributed by atoms with Crippen LogP contribution in [-0.2, 0) is 26.2 Å². The van der Waals surface area contributed by atoms with Crippen LogP contribution >= 0.6 is 23.2 Å². The lowest BCUT2D eigenvalue weighted by Crippen LogP contribution is -2.33. The number of halogens is 5. The number of aromatic nitrogens is 2. The van der Waals surface area contributed by atoms with Crippen molar-refractivity contribution in [2.45, 2.75) is 52.3 Å². The van der Waals surface area contributed by atoms with Gasteiger partial charge in [-0.25, -0.2) is 4.98 Å². The van der Waals surface area contributed by atoms with Gasteiger partial charge < -0.3 is 4.57 Å². The smallest absolute Gasteiger partial charge is 0.331 e. The highest BCUT2D eigenvalue weighted by Gasteiger charge is 2.32. The number of hydrogen-bond acceptors (Lipinski definition) is 2. The number of imidazole rings is 1. The lowest BCUT2D eigenvalue weighted by molar-refractivity contribution is -0.137. The summed E-state index contributed by atoms with van der Waals surface area (Å²) in [6.45, 7) is 6.76. The van der Waals surface area contributed by atoms with E-state index in [1.54, 1.807) is 18.5 Å². The molecule has 178 valence electrons. The molecule has 2 heterocycles. The second kappa shape index (κ2) is 9.47. The minimum atomic E-state index is -4.41. The highest BCUT2D eigenvalue weighted by molar-refractivity contribution is 6.36. The van der Waals surface area contributed by atoms with Crippen LogP contribution in [0.4, 0.5) is 13.2 Å². The topological polar surface area (TPSA) is 21.1 Å². The van der Waals surface area contributed by atoms with E-state index in [9.17, 15) is 13.2 Å². The monoisotopic (exact) mass is 497 g/mol. The van der Waals surface area contributed by atoms with E-state index in [4.69, 9.17) is 23.2 Å². The van der Waals surface area contributed by atoms with Gasteiger partial charge in [-0.3, -0.25) is 4.90 Å². The van der Waals surface area contributed by atoms with Crippen LogP contribution in [0.3, 0.4) is 0 Å². The summed E-state index contributed by atoms with van der Waals surface area (Å²) in [6, 6.07) is 6.11. The summed E-state index contributed by atoms with van der Waals surface area (Å²) in [5.74, 6) is 1.42. The Kier molecular flexibility index (Phi) is 7.00. The molecule has 0 unspecified atom stereocenters. The molecule has 0 amide bonds. The van der Waals surface area contributed by atoms with Crippen molar-refractivity contribution in [1.82, 2.24) is 14.5 Å². The molecule has 1 aromatic heterocycles. The van der Waals surface area contributed by atoms with Gasteiger partial charge >= 0.3 is 6.18 Å². The second-order valence-electron chi connectivity index (χ2n) is 9.05. The van der Waals surface area contributed by atoms with Crippen LogP contribution in [0, 0.1) is 12.8 Å². The van der Waals surface area contributed by atoms with Crippen molar-refractivity contribution in [2.24, 2.45) is 13.0 Å². The van der Waals surface area contributed by atoms with Crippen LogP contribution in [0.2, 0.25) is 10.0 Å². The summed E-state index contributed by atoms with van der Waals surface area (Å²) in [5, 5.41) is 1.15. The number of piperidine rings is 1. The van der Waals surface area contributed by atoms with Crippen molar-refractivity contribution in [2.75, 3.05) is 13.1 Å². The van der Waals surface area contributed by atoms with Crippen LogP contribution in [-0.4, -0.2) is 27.5 Å². The summed E-state index contributed by atoms with van der Waals surface area (Å²) in [4.78, 5) is 7.06. The molecule has 3 aromatic rings. The van der Waals surface area contributed by atoms with Crippen molar-refractivity contribution in [3.63, 3.8) is 0 Å². The van der Waals surface area contributed by atoms with Gasteiger partial charge in [0.25, 0.3) is 0 Å². The zero-order chi connectivity index (χ0) is 23.9. The van der Waals surface area contributed by atoms with E-state index in [1.807, 2.05) is 12.1 Å². The Hall–Kier alpha value is -1.76. The molecule has 3 nitrogen and oxygen atoms in total. The fraction of sp³-hybridized carbons (Fsp3) is 0.480. The fourth-order valence-corrected chi connectivity index (χ4v) is 5.27. The van der Waals surface area contributed by atoms with Crippen LogP contribution in [0.15, 0.2) is 24.3 Å². The maximum Gasteiger partial charge on any atom is 0.416 e. The molecule has 1 aliphatic heterocycles. The Bertz CT molecular complexity index is 1160. The summed E-state index contributed by atoms with van der Waals surface area (Å²) < 4.78 is 41.6. The van der Waals surface area contributed by atoms with Crippen LogP contribution in [0.1, 0.15) is 54.3 Å². The molecule has 4 rings (SSSR count). The molecule has 1 aliphatic rings. The van der Waals surface area contributed by atoms with E-state index in [2.05, 4.69) is 16.8 Å². The van der Waals surface area contributed by atoms with Crippen LogP contribution in [0.25, 0.3) is 11.0 Å². The number of likely N-dealkylation sites (tertiary alicyclic amines) is 1. The van der Waals surface area contributed by atoms with Gasteiger partial charge in [0.2, 0.25) is 0 Å². The standard InChI is InChI=1S/C25H28Cl2F3N3/c1-4-16-7-9-33(10-8-16)14-17-5-6-20(26)19(23(17)27)13-22-31-24-15(2)11-18(25(28,29)30)12-21(24)32(22)3/h5-6,11-12,16H,4,7-10,13-14H2,1-3H3. The molecule has 0 N–H and O–H groups in total. The normalized spacial score (nSPS) is 16.1. The highest BCUT2D eigenvalue weighted by atomic mass is 35.5. The Morgan fingerprint density at radius 3 is 2.45 bits per heavy atom. The first-order chi connectivity index (χ1) is 15.6. The van der Waals surface area contributed by atoms with E-state index in [1.165, 1.54) is 19.3 Å². The largest absolute Gasteiger partial charge is 0.416 e. The first-order valence-corrected chi connectivity index (χ1v) is 12.0. The third-order valence-electron chi connectivity index (χ3n) is 6.88. The van der Waals surface area contributed by atoms with Gasteiger partial charge in [0.15, 0.2) is 0 Å². The number of rotatable bonds is 5. The molecule has 33 heavy (non-hydrogen) atoms. The van der Waals surface area contributed by atoms with Crippen molar-refractivity contribution >= 4 is 34.2 Å². The summed E-state index contributed by atoms with van der Waals surface area (Å²) in [7, 11) is 1.73. The molecule has 0 radical (unpaired) electrons. The predicted molar refractivity (Wildman–Crippen MR) is 128 cm³/mol. The first kappa shape index (κ1) is 24.4. The summed E-state index contributed by atoms with van der Waals surface area (Å²) in [6.07, 6.45) is -0.436. The van der Waals surface area contributed by atoms with Gasteiger partial charge in [-0.1, -0.05) is 42.6 Å². The minimum absolute atomic E-state index is 0.343. The van der Waals surface area contributed by atoms with Crippen molar-refractivity contribution in [3.8, 4) is 0 Å². The van der Waals surface area contributed by atoms with E-state index in [0.29, 0.717) is 38.9 Å². The van der Waals surface area contributed by atoms with E-state index >= 15 is 0 Å². The molecule has 2 aromatic carbocycles. The first-order valence-electron chi connectivity index (χ1n) is 11.3. The molecule has 8 heteroatoms. The third kappa shape index (κ3) is 5.03. The molecule has 0 saturated carbocycles. The van der Waals surface area contributed by atoms with Gasteiger partial charge in [-0.15, -0.1) is 0 Å². The lowest BCUT2D eigenvalue weighted by Gasteiger charge is -2.31. The number of nitrogens with zero attached hydrogens (tertiary/aromatic N) is 3. The maximum absolute atomic E-state index is 13.3. The number of benzene rings is 2. The molecule has 0 aliphatic carbocycles. The quantitative estimate of drug-likeness (QED) is 0.365. The van der Waals surface area contributed by atoms with Crippen molar-refractivity contribution < 1.29 is 13.2 Å². The molecule has 0 spiro atoms. The van der Waals surface area contributed by atoms with Crippen molar-refractivity contribution in [1.29, 1.82) is 0 Å². The molecule has 1 saturated heterocycles. The molecular formula is C25H28Cl2F3N3. The highest BCUT2D eigenvalue weighted by Crippen LogP contribution is 2.35. The maximum atomic E-state index is 13.3. The Morgan fingerprint density at radius 1 is 1.12 bits per heavy atom. The summed E-state index contributed by atoms with van der Waals surface area (Å²) in [5.41, 5.74) is 2.59. The van der Waals surface area contributed by atoms with Gasteiger partial charge in [0.1, 0.15) is 5.82 Å². The van der Waals surface area contributed by atoms with E-state index in [0.717, 1.165) is 48.8 Å². The number of hydrogen-bond donors (Lipinski definition) is 0. The zero-order valence-electron chi connectivity index (χ0n) is 19.1. The van der Waals surface area contributed by atoms with E-state index in [-0.39, 0.29) is 0 Å². The Morgan fingerprint density at radius 2 is 1.82 bits per heavy atom. The number of aryl methyl sites for hydroxylation is 2. The average molecular weight is 498 g/mol. The number of alkyl halides is 3. The Balaban J connectivity index is 1.63. The lowest BCUT2D eigenvalue weighted by atomic mass is 9.94. The van der Waals surface area contributed by atoms with E-state index < -0.39 is 11.7 Å². The van der Waals surface area contributed by atoms with Crippen LogP contribution in [0.5, 0.6) is 0 Å². The fourth-order valence-electron chi connectivity index (χ4n) is 4.71. The van der Waals surface area contributed by atoms with Gasteiger partial charge in [0, 0.05) is 25.0 Å². The zero-order valence-corrected chi connectivity index (χ0v) is 20.6. The van der Waals surface area contributed by atoms with Gasteiger partial charge in [0.05, 0.1) is 21.6 Å². The van der Waals surface area contributed by atoms with Gasteiger partial charge in [-0.05, 0) is 73.7 Å². The average Bonchev–Trinajstić information content (AvgIpc) is 3.09. The Labute approximate surface area is 202 Å². The predicted octanol–water partition coefficient (Wildman–Crippen LogP) is 7.42. The minimum Gasteiger partial charge on any atom is -0.331 e. The molecule has 0 bridgehead atoms. The van der Waals surface area contributed by atoms with Gasteiger partial charge in [-0.2, -0.15) is 13.2 Å². The summed E-state index contributed by atoms with van der Waals surface area (Å²) >= 11 is 13.3. The van der Waals surface area contributed by atoms with Crippen LogP contribution < -0.4 is 0 Å². The SMILES string of the molecule is CCC1CCN(Cc2ccc(Cl)c(Cc3nc4c(C)cc(C(F)(F)F)cc4n3C)c2Cl)CC1. The molecular weight excluding hydrogens is 470 g/mol. The second-order valence-corrected chi connectivity index (χ2v) is 9.83. The molecule has 1 fully saturated rings. The molecule has 0 atom stereocenters.